The maximum absolute atomic E-state index is 10.3. The number of phenols is 1. The summed E-state index contributed by atoms with van der Waals surface area (Å²) in [7, 11) is 0. The van der Waals surface area contributed by atoms with Crippen molar-refractivity contribution in [2.45, 2.75) is 30.4 Å². The summed E-state index contributed by atoms with van der Waals surface area (Å²) in [5.41, 5.74) is 2.10. The van der Waals surface area contributed by atoms with Gasteiger partial charge in [-0.15, -0.1) is 11.8 Å². The molecule has 4 heteroatoms. The number of rotatable bonds is 7. The summed E-state index contributed by atoms with van der Waals surface area (Å²) in [4.78, 5) is 0.786. The standard InChI is InChI=1S/C18H23NO2S/c1-13(10-14-6-4-3-5-7-14)19-12-17(21)15-8-9-16(20)18(11-15)22-2/h3-9,11,13,17,19-21H,10,12H2,1-2H3/t13-,17+/m1/s1. The van der Waals surface area contributed by atoms with Gasteiger partial charge in [0.15, 0.2) is 0 Å². The number of nitrogens with one attached hydrogen (secondary N) is 1. The van der Waals surface area contributed by atoms with Crippen LogP contribution in [0.1, 0.15) is 24.2 Å². The maximum Gasteiger partial charge on any atom is 0.129 e. The summed E-state index contributed by atoms with van der Waals surface area (Å²) in [6, 6.07) is 15.8. The van der Waals surface area contributed by atoms with E-state index in [1.807, 2.05) is 30.5 Å². The van der Waals surface area contributed by atoms with Gasteiger partial charge in [0.25, 0.3) is 0 Å². The molecule has 0 heterocycles. The van der Waals surface area contributed by atoms with Crippen molar-refractivity contribution in [2.75, 3.05) is 12.8 Å². The minimum Gasteiger partial charge on any atom is -0.507 e. The Morgan fingerprint density at radius 3 is 2.55 bits per heavy atom. The first-order chi connectivity index (χ1) is 10.6. The maximum atomic E-state index is 10.3. The number of benzene rings is 2. The second-order valence-corrected chi connectivity index (χ2v) is 6.29. The van der Waals surface area contributed by atoms with Crippen molar-refractivity contribution < 1.29 is 10.2 Å². The Labute approximate surface area is 136 Å². The SMILES string of the molecule is CSc1cc([C@@H](O)CN[C@H](C)Cc2ccccc2)ccc1O. The van der Waals surface area contributed by atoms with Crippen LogP contribution in [-0.2, 0) is 6.42 Å². The molecule has 0 aliphatic carbocycles. The molecule has 118 valence electrons. The Kier molecular flexibility index (Phi) is 6.31. The van der Waals surface area contributed by atoms with Crippen LogP contribution in [0.5, 0.6) is 5.75 Å². The van der Waals surface area contributed by atoms with Crippen LogP contribution in [0.3, 0.4) is 0 Å². The summed E-state index contributed by atoms with van der Waals surface area (Å²) in [6.45, 7) is 2.61. The van der Waals surface area contributed by atoms with Crippen LogP contribution >= 0.6 is 11.8 Å². The van der Waals surface area contributed by atoms with Gasteiger partial charge in [-0.1, -0.05) is 36.4 Å². The highest BCUT2D eigenvalue weighted by molar-refractivity contribution is 7.98. The third kappa shape index (κ3) is 4.77. The normalized spacial score (nSPS) is 13.8. The van der Waals surface area contributed by atoms with Gasteiger partial charge in [-0.25, -0.2) is 0 Å². The van der Waals surface area contributed by atoms with Gasteiger partial charge < -0.3 is 15.5 Å². The number of hydrogen-bond donors (Lipinski definition) is 3. The molecular weight excluding hydrogens is 294 g/mol. The number of aliphatic hydroxyl groups is 1. The van der Waals surface area contributed by atoms with E-state index in [0.29, 0.717) is 6.54 Å². The Bertz CT molecular complexity index is 589. The minimum atomic E-state index is -0.579. The molecule has 0 fully saturated rings. The molecule has 0 amide bonds. The largest absolute Gasteiger partial charge is 0.507 e. The van der Waals surface area contributed by atoms with E-state index in [1.165, 1.54) is 17.3 Å². The van der Waals surface area contributed by atoms with Crippen molar-refractivity contribution in [3.8, 4) is 5.75 Å². The van der Waals surface area contributed by atoms with Gasteiger partial charge in [-0.3, -0.25) is 0 Å². The zero-order valence-electron chi connectivity index (χ0n) is 13.0. The Balaban J connectivity index is 1.88. The lowest BCUT2D eigenvalue weighted by molar-refractivity contribution is 0.170. The summed E-state index contributed by atoms with van der Waals surface area (Å²) in [5, 5.41) is 23.3. The van der Waals surface area contributed by atoms with Gasteiger partial charge in [0, 0.05) is 17.5 Å². The van der Waals surface area contributed by atoms with Crippen LogP contribution < -0.4 is 5.32 Å². The fourth-order valence-corrected chi connectivity index (χ4v) is 2.90. The highest BCUT2D eigenvalue weighted by Gasteiger charge is 2.12. The molecule has 3 nitrogen and oxygen atoms in total. The Hall–Kier alpha value is -1.49. The fourth-order valence-electron chi connectivity index (χ4n) is 2.37. The molecule has 2 aromatic rings. The van der Waals surface area contributed by atoms with Crippen molar-refractivity contribution in [1.82, 2.24) is 5.32 Å². The number of hydrogen-bond acceptors (Lipinski definition) is 4. The Morgan fingerprint density at radius 2 is 1.86 bits per heavy atom. The van der Waals surface area contributed by atoms with E-state index in [0.717, 1.165) is 16.9 Å². The number of thioether (sulfide) groups is 1. The van der Waals surface area contributed by atoms with Gasteiger partial charge in [-0.2, -0.15) is 0 Å². The molecule has 0 aliphatic rings. The smallest absolute Gasteiger partial charge is 0.129 e. The fraction of sp³-hybridized carbons (Fsp3) is 0.333. The van der Waals surface area contributed by atoms with Gasteiger partial charge in [-0.05, 0) is 42.9 Å². The van der Waals surface area contributed by atoms with Gasteiger partial charge >= 0.3 is 0 Å². The van der Waals surface area contributed by atoms with Gasteiger partial charge in [0.1, 0.15) is 5.75 Å². The Morgan fingerprint density at radius 1 is 1.14 bits per heavy atom. The van der Waals surface area contributed by atoms with Crippen LogP contribution in [0.25, 0.3) is 0 Å². The van der Waals surface area contributed by atoms with Crippen LogP contribution in [-0.4, -0.2) is 29.1 Å². The summed E-state index contributed by atoms with van der Waals surface area (Å²) >= 11 is 1.47. The van der Waals surface area contributed by atoms with Crippen LogP contribution in [0.15, 0.2) is 53.4 Å². The van der Waals surface area contributed by atoms with Crippen molar-refractivity contribution in [2.24, 2.45) is 0 Å². The van der Waals surface area contributed by atoms with Crippen LogP contribution in [0, 0.1) is 0 Å². The van der Waals surface area contributed by atoms with Crippen LogP contribution in [0.4, 0.5) is 0 Å². The van der Waals surface area contributed by atoms with Crippen molar-refractivity contribution in [3.63, 3.8) is 0 Å². The molecular formula is C18H23NO2S. The number of aromatic hydroxyl groups is 1. The average Bonchev–Trinajstić information content (AvgIpc) is 2.54. The molecule has 0 radical (unpaired) electrons. The third-order valence-corrected chi connectivity index (χ3v) is 4.40. The second kappa shape index (κ2) is 8.22. The second-order valence-electron chi connectivity index (χ2n) is 5.45. The quantitative estimate of drug-likeness (QED) is 0.685. The number of phenolic OH excluding ortho intramolecular Hbond substituents is 1. The zero-order chi connectivity index (χ0) is 15.9. The minimum absolute atomic E-state index is 0.258. The molecule has 0 aromatic heterocycles. The molecule has 2 atom stereocenters. The average molecular weight is 317 g/mol. The third-order valence-electron chi connectivity index (χ3n) is 3.63. The lowest BCUT2D eigenvalue weighted by atomic mass is 10.1. The predicted molar refractivity (Wildman–Crippen MR) is 92.5 cm³/mol. The van der Waals surface area contributed by atoms with Crippen LogP contribution in [0.2, 0.25) is 0 Å². The molecule has 0 bridgehead atoms. The highest BCUT2D eigenvalue weighted by atomic mass is 32.2. The monoisotopic (exact) mass is 317 g/mol. The van der Waals surface area contributed by atoms with Crippen molar-refractivity contribution in [1.29, 1.82) is 0 Å². The highest BCUT2D eigenvalue weighted by Crippen LogP contribution is 2.29. The van der Waals surface area contributed by atoms with E-state index in [2.05, 4.69) is 24.4 Å². The van der Waals surface area contributed by atoms with Gasteiger partial charge in [0.2, 0.25) is 0 Å². The van der Waals surface area contributed by atoms with Crippen molar-refractivity contribution >= 4 is 11.8 Å². The number of aliphatic hydroxyl groups excluding tert-OH is 1. The molecule has 0 spiro atoms. The lowest BCUT2D eigenvalue weighted by Gasteiger charge is -2.18. The summed E-state index contributed by atoms with van der Waals surface area (Å²) < 4.78 is 0. The molecule has 3 N–H and O–H groups in total. The van der Waals surface area contributed by atoms with E-state index in [1.54, 1.807) is 12.1 Å². The zero-order valence-corrected chi connectivity index (χ0v) is 13.8. The first-order valence-corrected chi connectivity index (χ1v) is 8.65. The summed E-state index contributed by atoms with van der Waals surface area (Å²) in [5.74, 6) is 0.258. The van der Waals surface area contributed by atoms with E-state index < -0.39 is 6.10 Å². The molecule has 0 unspecified atom stereocenters. The molecule has 0 aliphatic heterocycles. The molecule has 0 saturated carbocycles. The molecule has 22 heavy (non-hydrogen) atoms. The van der Waals surface area contributed by atoms with E-state index in [-0.39, 0.29) is 11.8 Å². The molecule has 2 rings (SSSR count). The topological polar surface area (TPSA) is 52.5 Å². The summed E-state index contributed by atoms with van der Waals surface area (Å²) in [6.07, 6.45) is 2.26. The predicted octanol–water partition coefficient (Wildman–Crippen LogP) is 3.37. The first-order valence-electron chi connectivity index (χ1n) is 7.42. The lowest BCUT2D eigenvalue weighted by Crippen LogP contribution is -2.32. The van der Waals surface area contributed by atoms with E-state index >= 15 is 0 Å². The van der Waals surface area contributed by atoms with E-state index in [9.17, 15) is 10.2 Å². The van der Waals surface area contributed by atoms with Crippen molar-refractivity contribution in [3.05, 3.63) is 59.7 Å². The van der Waals surface area contributed by atoms with E-state index in [4.69, 9.17) is 0 Å². The first kappa shape index (κ1) is 16.9. The molecule has 2 aromatic carbocycles. The molecule has 0 saturated heterocycles. The van der Waals surface area contributed by atoms with Gasteiger partial charge in [0.05, 0.1) is 6.10 Å².